The van der Waals surface area contributed by atoms with Crippen LogP contribution >= 0.6 is 11.8 Å². The Morgan fingerprint density at radius 1 is 1.36 bits per heavy atom. The number of benzene rings is 1. The molecule has 2 aromatic rings. The van der Waals surface area contributed by atoms with Crippen molar-refractivity contribution in [3.8, 4) is 0 Å². The van der Waals surface area contributed by atoms with Gasteiger partial charge in [0.15, 0.2) is 5.16 Å². The van der Waals surface area contributed by atoms with Crippen LogP contribution < -0.4 is 15.9 Å². The highest BCUT2D eigenvalue weighted by Gasteiger charge is 2.19. The number of rotatable bonds is 9. The zero-order valence-corrected chi connectivity index (χ0v) is 15.7. The Morgan fingerprint density at radius 2 is 2.08 bits per heavy atom. The maximum absolute atomic E-state index is 12.2. The predicted octanol–water partition coefficient (Wildman–Crippen LogP) is 0.0755. The molecule has 1 atom stereocenters. The van der Waals surface area contributed by atoms with Gasteiger partial charge in [0, 0.05) is 12.1 Å². The summed E-state index contributed by atoms with van der Waals surface area (Å²) in [7, 11) is 4.15. The number of likely N-dealkylation sites (N-methyl/N-ethyl adjacent to an activating group) is 1. The SMILES string of the molecule is CCCn1c(SCC(=O)NC[C@H](c2ccccc2)[NH+](C)C)n[nH]c1=O. The second-order valence-electron chi connectivity index (χ2n) is 6.10. The van der Waals surface area contributed by atoms with E-state index in [0.29, 0.717) is 18.2 Å². The third-order valence-electron chi connectivity index (χ3n) is 3.91. The molecule has 1 amide bonds. The fourth-order valence-electron chi connectivity index (χ4n) is 2.57. The molecule has 7 nitrogen and oxygen atoms in total. The molecule has 3 N–H and O–H groups in total. The minimum absolute atomic E-state index is 0.0642. The number of thioether (sulfide) groups is 1. The van der Waals surface area contributed by atoms with Crippen LogP contribution in [0.1, 0.15) is 24.9 Å². The Kier molecular flexibility index (Phi) is 7.27. The van der Waals surface area contributed by atoms with Crippen LogP contribution in [0.15, 0.2) is 40.3 Å². The van der Waals surface area contributed by atoms with Gasteiger partial charge in [-0.05, 0) is 6.42 Å². The first-order valence-electron chi connectivity index (χ1n) is 8.42. The van der Waals surface area contributed by atoms with Gasteiger partial charge in [-0.15, -0.1) is 5.10 Å². The summed E-state index contributed by atoms with van der Waals surface area (Å²) in [4.78, 5) is 25.1. The second-order valence-corrected chi connectivity index (χ2v) is 7.04. The standard InChI is InChI=1S/C17H25N5O2S/c1-4-10-22-16(24)19-20-17(22)25-12-15(23)18-11-14(21(2)3)13-8-6-5-7-9-13/h5-9,14H,4,10-12H2,1-3H3,(H,18,23)(H,19,24)/p+1/t14-/m1/s1. The highest BCUT2D eigenvalue weighted by atomic mass is 32.2. The molecular weight excluding hydrogens is 338 g/mol. The molecule has 25 heavy (non-hydrogen) atoms. The average molecular weight is 364 g/mol. The molecule has 0 saturated carbocycles. The molecular formula is C17H26N5O2S+. The number of aromatic amines is 1. The van der Waals surface area contributed by atoms with Crippen molar-refractivity contribution in [3.63, 3.8) is 0 Å². The molecule has 0 aliphatic heterocycles. The van der Waals surface area contributed by atoms with Gasteiger partial charge in [0.1, 0.15) is 6.04 Å². The normalized spacial score (nSPS) is 12.3. The number of nitrogens with one attached hydrogen (secondary N) is 3. The van der Waals surface area contributed by atoms with E-state index in [1.807, 2.05) is 25.1 Å². The maximum Gasteiger partial charge on any atom is 0.343 e. The molecule has 1 heterocycles. The number of carbonyl (C=O) groups excluding carboxylic acids is 1. The summed E-state index contributed by atoms with van der Waals surface area (Å²) in [6.45, 7) is 3.15. The number of amides is 1. The van der Waals surface area contributed by atoms with Gasteiger partial charge in [0.25, 0.3) is 0 Å². The molecule has 0 aliphatic rings. The van der Waals surface area contributed by atoms with E-state index in [1.165, 1.54) is 22.2 Å². The predicted molar refractivity (Wildman–Crippen MR) is 98.9 cm³/mol. The summed E-state index contributed by atoms with van der Waals surface area (Å²) >= 11 is 1.27. The summed E-state index contributed by atoms with van der Waals surface area (Å²) in [6, 6.07) is 10.3. The summed E-state index contributed by atoms with van der Waals surface area (Å²) in [5, 5.41) is 9.96. The molecule has 1 aromatic heterocycles. The molecule has 0 unspecified atom stereocenters. The Hall–Kier alpha value is -2.06. The van der Waals surface area contributed by atoms with E-state index in [0.717, 1.165) is 6.42 Å². The second kappa shape index (κ2) is 9.43. The fourth-order valence-corrected chi connectivity index (χ4v) is 3.37. The lowest BCUT2D eigenvalue weighted by molar-refractivity contribution is -0.890. The summed E-state index contributed by atoms with van der Waals surface area (Å²) < 4.78 is 1.56. The Balaban J connectivity index is 1.89. The zero-order chi connectivity index (χ0) is 18.2. The van der Waals surface area contributed by atoms with Gasteiger partial charge in [-0.25, -0.2) is 9.89 Å². The molecule has 0 bridgehead atoms. The van der Waals surface area contributed by atoms with E-state index in [4.69, 9.17) is 0 Å². The largest absolute Gasteiger partial charge is 0.349 e. The lowest BCUT2D eigenvalue weighted by Crippen LogP contribution is -3.07. The molecule has 0 spiro atoms. The van der Waals surface area contributed by atoms with Gasteiger partial charge in [-0.3, -0.25) is 9.36 Å². The molecule has 0 radical (unpaired) electrons. The van der Waals surface area contributed by atoms with Crippen molar-refractivity contribution in [2.75, 3.05) is 26.4 Å². The van der Waals surface area contributed by atoms with Crippen molar-refractivity contribution in [3.05, 3.63) is 46.4 Å². The molecule has 0 fully saturated rings. The summed E-state index contributed by atoms with van der Waals surface area (Å²) in [5.41, 5.74) is 0.963. The van der Waals surface area contributed by atoms with E-state index in [2.05, 4.69) is 41.7 Å². The highest BCUT2D eigenvalue weighted by Crippen LogP contribution is 2.13. The van der Waals surface area contributed by atoms with Crippen LogP contribution in [0.2, 0.25) is 0 Å². The number of hydrogen-bond donors (Lipinski definition) is 3. The van der Waals surface area contributed by atoms with Gasteiger partial charge in [0.2, 0.25) is 5.91 Å². The third kappa shape index (κ3) is 5.47. The van der Waals surface area contributed by atoms with Crippen molar-refractivity contribution >= 4 is 17.7 Å². The smallest absolute Gasteiger partial charge is 0.343 e. The van der Waals surface area contributed by atoms with E-state index in [9.17, 15) is 9.59 Å². The number of nitrogens with zero attached hydrogens (tertiary/aromatic N) is 2. The van der Waals surface area contributed by atoms with Crippen LogP contribution in [-0.4, -0.2) is 47.1 Å². The van der Waals surface area contributed by atoms with Crippen LogP contribution in [0.5, 0.6) is 0 Å². The molecule has 8 heteroatoms. The van der Waals surface area contributed by atoms with Gasteiger partial charge in [-0.1, -0.05) is 49.0 Å². The molecule has 136 valence electrons. The average Bonchev–Trinajstić information content (AvgIpc) is 2.94. The minimum Gasteiger partial charge on any atom is -0.349 e. The quantitative estimate of drug-likeness (QED) is 0.550. The number of hydrogen-bond acceptors (Lipinski definition) is 4. The summed E-state index contributed by atoms with van der Waals surface area (Å²) in [6.07, 6.45) is 0.837. The van der Waals surface area contributed by atoms with Crippen molar-refractivity contribution in [2.45, 2.75) is 31.1 Å². The number of H-pyrrole nitrogens is 1. The van der Waals surface area contributed by atoms with Gasteiger partial charge in [0.05, 0.1) is 26.4 Å². The zero-order valence-electron chi connectivity index (χ0n) is 14.9. The molecule has 1 aromatic carbocycles. The highest BCUT2D eigenvalue weighted by molar-refractivity contribution is 7.99. The van der Waals surface area contributed by atoms with E-state index in [1.54, 1.807) is 4.57 Å². The number of carbonyl (C=O) groups is 1. The Labute approximate surface area is 151 Å². The lowest BCUT2D eigenvalue weighted by Gasteiger charge is -2.22. The third-order valence-corrected chi connectivity index (χ3v) is 4.88. The topological polar surface area (TPSA) is 84.2 Å². The van der Waals surface area contributed by atoms with Gasteiger partial charge >= 0.3 is 5.69 Å². The van der Waals surface area contributed by atoms with E-state index < -0.39 is 0 Å². The maximum atomic E-state index is 12.2. The molecule has 0 aliphatic carbocycles. The molecule has 0 saturated heterocycles. The lowest BCUT2D eigenvalue weighted by atomic mass is 10.1. The number of aromatic nitrogens is 3. The first-order valence-corrected chi connectivity index (χ1v) is 9.41. The van der Waals surface area contributed by atoms with Crippen molar-refractivity contribution in [1.82, 2.24) is 20.1 Å². The van der Waals surface area contributed by atoms with Crippen LogP contribution in [0.4, 0.5) is 0 Å². The summed E-state index contributed by atoms with van der Waals surface area (Å²) in [5.74, 6) is 0.170. The minimum atomic E-state index is -0.231. The first kappa shape index (κ1) is 19.3. The van der Waals surface area contributed by atoms with Crippen molar-refractivity contribution in [1.29, 1.82) is 0 Å². The fraction of sp³-hybridized carbons (Fsp3) is 0.471. The van der Waals surface area contributed by atoms with E-state index in [-0.39, 0.29) is 23.4 Å². The van der Waals surface area contributed by atoms with Crippen LogP contribution in [0.3, 0.4) is 0 Å². The van der Waals surface area contributed by atoms with Gasteiger partial charge < -0.3 is 10.2 Å². The molecule has 2 rings (SSSR count). The van der Waals surface area contributed by atoms with E-state index >= 15 is 0 Å². The van der Waals surface area contributed by atoms with Crippen LogP contribution in [0, 0.1) is 0 Å². The Morgan fingerprint density at radius 3 is 2.72 bits per heavy atom. The van der Waals surface area contributed by atoms with Crippen LogP contribution in [0.25, 0.3) is 0 Å². The van der Waals surface area contributed by atoms with Crippen molar-refractivity contribution in [2.24, 2.45) is 0 Å². The van der Waals surface area contributed by atoms with Gasteiger partial charge in [-0.2, -0.15) is 0 Å². The number of quaternary nitrogens is 1. The Bertz CT molecular complexity index is 726. The van der Waals surface area contributed by atoms with Crippen molar-refractivity contribution < 1.29 is 9.69 Å². The van der Waals surface area contributed by atoms with Crippen LogP contribution in [-0.2, 0) is 11.3 Å². The first-order chi connectivity index (χ1) is 12.0. The monoisotopic (exact) mass is 364 g/mol.